The first-order valence-electron chi connectivity index (χ1n) is 11.8. The highest BCUT2D eigenvalue weighted by Crippen LogP contribution is 2.54. The Morgan fingerprint density at radius 3 is 2.18 bits per heavy atom. The molecule has 0 aromatic rings. The van der Waals surface area contributed by atoms with Crippen molar-refractivity contribution < 1.29 is 19.8 Å². The van der Waals surface area contributed by atoms with Gasteiger partial charge in [-0.25, -0.2) is 0 Å². The zero-order chi connectivity index (χ0) is 20.6. The molecular weight excluding hydrogens is 352 g/mol. The molecule has 3 unspecified atom stereocenters. The van der Waals surface area contributed by atoms with E-state index in [1.54, 1.807) is 0 Å². The summed E-state index contributed by atoms with van der Waals surface area (Å²) in [5.41, 5.74) is -0.677. The Morgan fingerprint density at radius 1 is 0.929 bits per heavy atom. The molecule has 2 aliphatic rings. The van der Waals surface area contributed by atoms with Crippen LogP contribution >= 0.6 is 0 Å². The Bertz CT molecular complexity index is 495. The van der Waals surface area contributed by atoms with Gasteiger partial charge < -0.3 is 10.2 Å². The predicted octanol–water partition coefficient (Wildman–Crippen LogP) is 6.53. The maximum atomic E-state index is 12.6. The second-order valence-corrected chi connectivity index (χ2v) is 9.93. The zero-order valence-corrected chi connectivity index (χ0v) is 18.1. The Balaban J connectivity index is 1.98. The summed E-state index contributed by atoms with van der Waals surface area (Å²) in [6.07, 6.45) is 15.3. The molecule has 2 saturated carbocycles. The van der Waals surface area contributed by atoms with E-state index in [0.29, 0.717) is 19.3 Å². The van der Waals surface area contributed by atoms with Crippen LogP contribution in [0, 0.1) is 29.1 Å². The first kappa shape index (κ1) is 23.2. The van der Waals surface area contributed by atoms with Crippen molar-refractivity contribution in [2.45, 2.75) is 110 Å². The quantitative estimate of drug-likeness (QED) is 0.391. The molecule has 162 valence electrons. The molecule has 0 saturated heterocycles. The van der Waals surface area contributed by atoms with Gasteiger partial charge in [-0.3, -0.25) is 9.59 Å². The maximum Gasteiger partial charge on any atom is 0.310 e. The van der Waals surface area contributed by atoms with Gasteiger partial charge in [-0.15, -0.1) is 0 Å². The van der Waals surface area contributed by atoms with E-state index in [-0.39, 0.29) is 17.8 Å². The summed E-state index contributed by atoms with van der Waals surface area (Å²) in [5.74, 6) is -0.705. The van der Waals surface area contributed by atoms with Gasteiger partial charge in [-0.05, 0) is 56.3 Å². The second kappa shape index (κ2) is 11.2. The fourth-order valence-electron chi connectivity index (χ4n) is 5.97. The summed E-state index contributed by atoms with van der Waals surface area (Å²) in [6, 6.07) is 0. The molecule has 2 rings (SSSR count). The van der Waals surface area contributed by atoms with Gasteiger partial charge >= 0.3 is 11.9 Å². The van der Waals surface area contributed by atoms with Crippen LogP contribution in [0.1, 0.15) is 110 Å². The lowest BCUT2D eigenvalue weighted by Gasteiger charge is -2.49. The van der Waals surface area contributed by atoms with Crippen LogP contribution < -0.4 is 0 Å². The predicted molar refractivity (Wildman–Crippen MR) is 112 cm³/mol. The summed E-state index contributed by atoms with van der Waals surface area (Å²) in [7, 11) is 0. The molecule has 2 aliphatic carbocycles. The number of carbonyl (C=O) groups is 2. The van der Waals surface area contributed by atoms with Crippen LogP contribution in [0.2, 0.25) is 0 Å². The van der Waals surface area contributed by atoms with E-state index in [4.69, 9.17) is 0 Å². The average molecular weight is 395 g/mol. The number of hydrogen-bond donors (Lipinski definition) is 2. The van der Waals surface area contributed by atoms with Crippen molar-refractivity contribution in [1.29, 1.82) is 0 Å². The van der Waals surface area contributed by atoms with E-state index < -0.39 is 17.4 Å². The van der Waals surface area contributed by atoms with E-state index >= 15 is 0 Å². The molecule has 2 fully saturated rings. The molecule has 0 radical (unpaired) electrons. The van der Waals surface area contributed by atoms with Gasteiger partial charge in [-0.2, -0.15) is 0 Å². The minimum atomic E-state index is -0.735. The molecule has 4 heteroatoms. The van der Waals surface area contributed by atoms with Gasteiger partial charge in [0.2, 0.25) is 0 Å². The lowest BCUT2D eigenvalue weighted by molar-refractivity contribution is -0.168. The highest BCUT2D eigenvalue weighted by molar-refractivity contribution is 5.77. The van der Waals surface area contributed by atoms with E-state index in [9.17, 15) is 19.8 Å². The SMILES string of the molecule is CC(C)CCCCCCCC1CC(C(=O)O)CCC1(C(=O)O)C1CCCCC1. The molecule has 4 nitrogen and oxygen atoms in total. The van der Waals surface area contributed by atoms with E-state index in [0.717, 1.165) is 50.9 Å². The molecule has 0 aromatic carbocycles. The fourth-order valence-corrected chi connectivity index (χ4v) is 5.97. The Hall–Kier alpha value is -1.06. The molecule has 0 spiro atoms. The third-order valence-corrected chi connectivity index (χ3v) is 7.62. The lowest BCUT2D eigenvalue weighted by Crippen LogP contribution is -2.50. The largest absolute Gasteiger partial charge is 0.481 e. The number of unbranched alkanes of at least 4 members (excludes halogenated alkanes) is 4. The Morgan fingerprint density at radius 2 is 1.57 bits per heavy atom. The van der Waals surface area contributed by atoms with Crippen LogP contribution in [-0.2, 0) is 9.59 Å². The molecule has 0 bridgehead atoms. The van der Waals surface area contributed by atoms with E-state index in [1.165, 1.54) is 32.1 Å². The molecule has 2 N–H and O–H groups in total. The van der Waals surface area contributed by atoms with Crippen molar-refractivity contribution in [3.05, 3.63) is 0 Å². The van der Waals surface area contributed by atoms with Crippen molar-refractivity contribution in [2.24, 2.45) is 29.1 Å². The van der Waals surface area contributed by atoms with Crippen LogP contribution in [0.25, 0.3) is 0 Å². The van der Waals surface area contributed by atoms with Crippen molar-refractivity contribution >= 4 is 11.9 Å². The van der Waals surface area contributed by atoms with Crippen LogP contribution in [0.5, 0.6) is 0 Å². The van der Waals surface area contributed by atoms with Gasteiger partial charge in [0.1, 0.15) is 0 Å². The third kappa shape index (κ3) is 5.97. The normalized spacial score (nSPS) is 29.1. The van der Waals surface area contributed by atoms with E-state index in [1.807, 2.05) is 0 Å². The first-order valence-corrected chi connectivity index (χ1v) is 11.8. The Kier molecular flexibility index (Phi) is 9.30. The number of carboxylic acids is 2. The fraction of sp³-hybridized carbons (Fsp3) is 0.917. The first-order chi connectivity index (χ1) is 13.4. The zero-order valence-electron chi connectivity index (χ0n) is 18.1. The summed E-state index contributed by atoms with van der Waals surface area (Å²) in [4.78, 5) is 24.2. The minimum absolute atomic E-state index is 0.0265. The van der Waals surface area contributed by atoms with Crippen LogP contribution in [0.3, 0.4) is 0 Å². The topological polar surface area (TPSA) is 74.6 Å². The van der Waals surface area contributed by atoms with Gasteiger partial charge in [0.15, 0.2) is 0 Å². The summed E-state index contributed by atoms with van der Waals surface area (Å²) < 4.78 is 0. The summed E-state index contributed by atoms with van der Waals surface area (Å²) in [5, 5.41) is 19.9. The molecule has 28 heavy (non-hydrogen) atoms. The molecular formula is C24H42O4. The van der Waals surface area contributed by atoms with E-state index in [2.05, 4.69) is 13.8 Å². The molecule has 0 aliphatic heterocycles. The van der Waals surface area contributed by atoms with Crippen molar-refractivity contribution in [2.75, 3.05) is 0 Å². The monoisotopic (exact) mass is 394 g/mol. The number of rotatable bonds is 11. The number of hydrogen-bond acceptors (Lipinski definition) is 2. The van der Waals surface area contributed by atoms with Crippen LogP contribution in [-0.4, -0.2) is 22.2 Å². The molecule has 0 amide bonds. The Labute approximate surface area is 171 Å². The highest BCUT2D eigenvalue weighted by Gasteiger charge is 2.54. The van der Waals surface area contributed by atoms with Gasteiger partial charge in [0, 0.05) is 0 Å². The lowest BCUT2D eigenvalue weighted by atomic mass is 9.54. The molecule has 3 atom stereocenters. The number of carboxylic acid groups (broad SMARTS) is 2. The van der Waals surface area contributed by atoms with Gasteiger partial charge in [-0.1, -0.05) is 71.6 Å². The third-order valence-electron chi connectivity index (χ3n) is 7.62. The average Bonchev–Trinajstić information content (AvgIpc) is 2.67. The van der Waals surface area contributed by atoms with Crippen molar-refractivity contribution in [3.63, 3.8) is 0 Å². The van der Waals surface area contributed by atoms with Crippen LogP contribution in [0.15, 0.2) is 0 Å². The minimum Gasteiger partial charge on any atom is -0.481 e. The maximum absolute atomic E-state index is 12.6. The van der Waals surface area contributed by atoms with Crippen LogP contribution in [0.4, 0.5) is 0 Å². The summed E-state index contributed by atoms with van der Waals surface area (Å²) >= 11 is 0. The second-order valence-electron chi connectivity index (χ2n) is 9.93. The highest BCUT2D eigenvalue weighted by atomic mass is 16.4. The van der Waals surface area contributed by atoms with Crippen molar-refractivity contribution in [3.8, 4) is 0 Å². The number of aliphatic carboxylic acids is 2. The molecule has 0 heterocycles. The standard InChI is InChI=1S/C24H42O4/c1-18(2)11-7-4-3-5-8-14-21-17-19(22(25)26)15-16-24(21,23(27)28)20-12-9-6-10-13-20/h18-21H,3-17H2,1-2H3,(H,25,26)(H,27,28). The molecule has 0 aromatic heterocycles. The smallest absolute Gasteiger partial charge is 0.310 e. The van der Waals surface area contributed by atoms with Crippen molar-refractivity contribution in [1.82, 2.24) is 0 Å². The van der Waals surface area contributed by atoms with Gasteiger partial charge in [0.25, 0.3) is 0 Å². The van der Waals surface area contributed by atoms with Gasteiger partial charge in [0.05, 0.1) is 11.3 Å². The summed E-state index contributed by atoms with van der Waals surface area (Å²) in [6.45, 7) is 4.53.